The van der Waals surface area contributed by atoms with Gasteiger partial charge in [-0.2, -0.15) is 0 Å². The molecule has 0 unspecified atom stereocenters. The number of carbonyl (C=O) groups excluding carboxylic acids is 5. The van der Waals surface area contributed by atoms with Gasteiger partial charge in [-0.3, -0.25) is 20.4 Å². The lowest BCUT2D eigenvalue weighted by atomic mass is 10.2. The van der Waals surface area contributed by atoms with Crippen molar-refractivity contribution in [2.24, 2.45) is 11.5 Å². The Labute approximate surface area is 148 Å². The zero-order valence-corrected chi connectivity index (χ0v) is 14.2. The number of hydrogen-bond donors (Lipinski definition) is 4. The molecule has 0 saturated carbocycles. The van der Waals surface area contributed by atoms with Crippen molar-refractivity contribution in [3.63, 3.8) is 0 Å². The normalized spacial score (nSPS) is 9.62. The fourth-order valence-corrected chi connectivity index (χ4v) is 1.28. The molecular weight excluding hydrogens is 352 g/mol. The minimum absolute atomic E-state index is 0.410. The number of Topliss-reactive ketones (excluding diaryl/α,β-unsaturated/α-hetero) is 1. The van der Waals surface area contributed by atoms with Gasteiger partial charge in [-0.15, -0.1) is 0 Å². The first-order chi connectivity index (χ1) is 11.9. The van der Waals surface area contributed by atoms with Gasteiger partial charge in [-0.1, -0.05) is 0 Å². The number of ether oxygens (including phenoxy) is 2. The van der Waals surface area contributed by atoms with Gasteiger partial charge in [0.15, 0.2) is 11.9 Å². The third-order valence-corrected chi connectivity index (χ3v) is 2.77. The predicted molar refractivity (Wildman–Crippen MR) is 85.5 cm³/mol. The maximum absolute atomic E-state index is 11.5. The highest BCUT2D eigenvalue weighted by Gasteiger charge is 2.22. The molecule has 144 valence electrons. The van der Waals surface area contributed by atoms with Gasteiger partial charge in [-0.05, 0) is 0 Å². The summed E-state index contributed by atoms with van der Waals surface area (Å²) in [6, 6.07) is 0. The van der Waals surface area contributed by atoms with Gasteiger partial charge in [0, 0.05) is 20.5 Å². The van der Waals surface area contributed by atoms with Gasteiger partial charge >= 0.3 is 23.9 Å². The lowest BCUT2D eigenvalue weighted by molar-refractivity contribution is -0.164. The van der Waals surface area contributed by atoms with Crippen LogP contribution in [0.5, 0.6) is 0 Å². The van der Waals surface area contributed by atoms with E-state index < -0.39 is 67.5 Å². The molecule has 13 nitrogen and oxygen atoms in total. The van der Waals surface area contributed by atoms with Crippen LogP contribution in [0, 0.1) is 10.8 Å². The summed E-state index contributed by atoms with van der Waals surface area (Å²) >= 11 is 0. The second kappa shape index (κ2) is 10.4. The van der Waals surface area contributed by atoms with E-state index in [-0.39, 0.29) is 0 Å². The van der Waals surface area contributed by atoms with E-state index in [1.165, 1.54) is 14.1 Å². The molecule has 0 fully saturated rings. The zero-order chi connectivity index (χ0) is 20.4. The molecule has 0 aromatic carbocycles. The Bertz CT molecular complexity index is 632. The number of likely N-dealkylation sites (N-methyl/N-ethyl adjacent to an activating group) is 2. The second-order valence-corrected chi connectivity index (χ2v) is 5.01. The first-order valence-corrected chi connectivity index (χ1v) is 7.05. The SMILES string of the molecule is CN(CC(=O)OC(=O)CCC(=O)C(=O)OC(=O)CN(C)C(=N)N)C(=N)N. The molecule has 13 heteroatoms. The topological polar surface area (TPSA) is 210 Å². The van der Waals surface area contributed by atoms with Crippen molar-refractivity contribution in [2.45, 2.75) is 12.8 Å². The van der Waals surface area contributed by atoms with Crippen LogP contribution in [0.3, 0.4) is 0 Å². The Hall–Kier alpha value is -3.51. The Balaban J connectivity index is 4.27. The van der Waals surface area contributed by atoms with Crippen LogP contribution in [0.25, 0.3) is 0 Å². The molecule has 26 heavy (non-hydrogen) atoms. The molecule has 0 rings (SSSR count). The van der Waals surface area contributed by atoms with E-state index in [1.807, 2.05) is 0 Å². The van der Waals surface area contributed by atoms with Crippen LogP contribution >= 0.6 is 0 Å². The summed E-state index contributed by atoms with van der Waals surface area (Å²) in [5, 5.41) is 14.1. The third kappa shape index (κ3) is 8.95. The molecule has 0 amide bonds. The standard InChI is InChI=1S/C13H20N6O7/c1-18(12(14)15)5-9(22)25-8(21)4-3-7(20)11(24)26-10(23)6-19(2)13(16)17/h3-6H2,1-2H3,(H3,14,15)(H3,16,17). The Morgan fingerprint density at radius 1 is 0.769 bits per heavy atom. The van der Waals surface area contributed by atoms with Gasteiger partial charge in [0.2, 0.25) is 5.78 Å². The molecule has 0 spiro atoms. The van der Waals surface area contributed by atoms with Crippen LogP contribution in [-0.4, -0.2) is 78.6 Å². The van der Waals surface area contributed by atoms with E-state index in [0.717, 1.165) is 9.80 Å². The van der Waals surface area contributed by atoms with E-state index in [9.17, 15) is 24.0 Å². The van der Waals surface area contributed by atoms with E-state index in [2.05, 4.69) is 9.47 Å². The Morgan fingerprint density at radius 2 is 1.19 bits per heavy atom. The quantitative estimate of drug-likeness (QED) is 0.112. The van der Waals surface area contributed by atoms with Gasteiger partial charge in [0.05, 0.1) is 6.42 Å². The summed E-state index contributed by atoms with van der Waals surface area (Å²) in [7, 11) is 2.63. The van der Waals surface area contributed by atoms with Gasteiger partial charge < -0.3 is 30.7 Å². The summed E-state index contributed by atoms with van der Waals surface area (Å²) < 4.78 is 8.62. The average molecular weight is 372 g/mol. The van der Waals surface area contributed by atoms with E-state index in [1.54, 1.807) is 0 Å². The van der Waals surface area contributed by atoms with Crippen LogP contribution in [-0.2, 0) is 33.4 Å². The first-order valence-electron chi connectivity index (χ1n) is 7.05. The maximum Gasteiger partial charge on any atom is 0.382 e. The molecule has 0 aromatic rings. The number of carbonyl (C=O) groups is 5. The molecule has 0 heterocycles. The number of nitrogens with zero attached hydrogens (tertiary/aromatic N) is 2. The molecule has 0 atom stereocenters. The van der Waals surface area contributed by atoms with Crippen LogP contribution < -0.4 is 11.5 Å². The number of guanidine groups is 2. The highest BCUT2D eigenvalue weighted by Crippen LogP contribution is 1.99. The van der Waals surface area contributed by atoms with E-state index in [4.69, 9.17) is 22.3 Å². The number of nitrogens with two attached hydrogens (primary N) is 2. The largest absolute Gasteiger partial charge is 0.392 e. The van der Waals surface area contributed by atoms with Crippen molar-refractivity contribution >= 4 is 41.6 Å². The molecule has 6 N–H and O–H groups in total. The minimum Gasteiger partial charge on any atom is -0.392 e. The molecule has 0 saturated heterocycles. The van der Waals surface area contributed by atoms with Crippen molar-refractivity contribution in [1.82, 2.24) is 9.80 Å². The van der Waals surface area contributed by atoms with Crippen molar-refractivity contribution in [2.75, 3.05) is 27.2 Å². The van der Waals surface area contributed by atoms with Gasteiger partial charge in [0.25, 0.3) is 0 Å². The highest BCUT2D eigenvalue weighted by molar-refractivity contribution is 6.35. The summed E-state index contributed by atoms with van der Waals surface area (Å²) in [4.78, 5) is 59.0. The van der Waals surface area contributed by atoms with Crippen LogP contribution in [0.1, 0.15) is 12.8 Å². The van der Waals surface area contributed by atoms with Gasteiger partial charge in [-0.25, -0.2) is 14.4 Å². The van der Waals surface area contributed by atoms with E-state index in [0.29, 0.717) is 0 Å². The lowest BCUT2D eigenvalue weighted by Gasteiger charge is -2.14. The third-order valence-electron chi connectivity index (χ3n) is 2.77. The van der Waals surface area contributed by atoms with Crippen LogP contribution in [0.15, 0.2) is 0 Å². The van der Waals surface area contributed by atoms with Crippen molar-refractivity contribution in [1.29, 1.82) is 10.8 Å². The lowest BCUT2D eigenvalue weighted by Crippen LogP contribution is -2.38. The molecule has 0 aromatic heterocycles. The molecule has 0 aliphatic carbocycles. The van der Waals surface area contributed by atoms with Crippen LogP contribution in [0.2, 0.25) is 0 Å². The number of rotatable bonds is 8. The maximum atomic E-state index is 11.5. The number of hydrogen-bond acceptors (Lipinski definition) is 9. The second-order valence-electron chi connectivity index (χ2n) is 5.01. The molecule has 0 aliphatic heterocycles. The Morgan fingerprint density at radius 3 is 1.62 bits per heavy atom. The fourth-order valence-electron chi connectivity index (χ4n) is 1.28. The van der Waals surface area contributed by atoms with Gasteiger partial charge in [0.1, 0.15) is 13.1 Å². The molecule has 0 bridgehead atoms. The highest BCUT2D eigenvalue weighted by atomic mass is 16.6. The smallest absolute Gasteiger partial charge is 0.382 e. The summed E-state index contributed by atoms with van der Waals surface area (Å²) in [5.74, 6) is -6.68. The van der Waals surface area contributed by atoms with Crippen molar-refractivity contribution < 1.29 is 33.4 Å². The summed E-state index contributed by atoms with van der Waals surface area (Å²) in [5.41, 5.74) is 10.2. The van der Waals surface area contributed by atoms with Crippen molar-refractivity contribution in [3.05, 3.63) is 0 Å². The molecular formula is C13H20N6O7. The fraction of sp³-hybridized carbons (Fsp3) is 0.462. The summed E-state index contributed by atoms with van der Waals surface area (Å²) in [6.45, 7) is -0.968. The van der Waals surface area contributed by atoms with Crippen LogP contribution in [0.4, 0.5) is 0 Å². The molecule has 0 radical (unpaired) electrons. The average Bonchev–Trinajstić information content (AvgIpc) is 2.51. The Kier molecular flexibility index (Phi) is 8.97. The number of nitrogens with one attached hydrogen (secondary N) is 2. The first kappa shape index (κ1) is 22.5. The number of ketones is 1. The van der Waals surface area contributed by atoms with E-state index >= 15 is 0 Å². The predicted octanol–water partition coefficient (Wildman–Crippen LogP) is -2.87. The monoisotopic (exact) mass is 372 g/mol. The molecule has 0 aliphatic rings. The zero-order valence-electron chi connectivity index (χ0n) is 14.2. The summed E-state index contributed by atoms with van der Waals surface area (Å²) in [6.07, 6.45) is -1.23. The van der Waals surface area contributed by atoms with Crippen molar-refractivity contribution in [3.8, 4) is 0 Å². The number of esters is 4. The minimum atomic E-state index is -1.48.